The van der Waals surface area contributed by atoms with Crippen molar-refractivity contribution < 1.29 is 23.9 Å². The molecule has 0 radical (unpaired) electrons. The van der Waals surface area contributed by atoms with E-state index in [0.29, 0.717) is 38.3 Å². The molecule has 3 rings (SSSR count). The Balaban J connectivity index is 1.54. The number of fused-ring (bicyclic) bond motifs is 1. The van der Waals surface area contributed by atoms with Gasteiger partial charge in [-0.1, -0.05) is 28.7 Å². The molecule has 1 unspecified atom stereocenters. The predicted molar refractivity (Wildman–Crippen MR) is 114 cm³/mol. The Morgan fingerprint density at radius 3 is 2.68 bits per heavy atom. The maximum Gasteiger partial charge on any atom is 0.255 e. The van der Waals surface area contributed by atoms with Crippen molar-refractivity contribution in [1.82, 2.24) is 10.2 Å². The van der Waals surface area contributed by atoms with Crippen molar-refractivity contribution in [1.29, 1.82) is 0 Å². The summed E-state index contributed by atoms with van der Waals surface area (Å²) >= 11 is 3.91. The summed E-state index contributed by atoms with van der Waals surface area (Å²) < 4.78 is 11.9. The first-order valence-corrected chi connectivity index (χ1v) is 11.7. The number of carbonyl (C=O) groups excluding carboxylic acids is 3. The van der Waals surface area contributed by atoms with Gasteiger partial charge in [0.2, 0.25) is 11.8 Å². The first-order valence-electron chi connectivity index (χ1n) is 9.22. The zero-order valence-corrected chi connectivity index (χ0v) is 18.4. The fraction of sp³-hybridized carbons (Fsp3) is 0.526. The van der Waals surface area contributed by atoms with Gasteiger partial charge in [0, 0.05) is 33.6 Å². The minimum Gasteiger partial charge on any atom is -0.378 e. The predicted octanol–water partition coefficient (Wildman–Crippen LogP) is 2.01. The number of benzene rings is 1. The molecule has 1 aromatic carbocycles. The SMILES string of the molecule is O=C1CCC(N2Cc3c(SCCOCCOCCI)cccc3C2=O)C(=O)N1. The van der Waals surface area contributed by atoms with Crippen LogP contribution in [0.25, 0.3) is 0 Å². The number of rotatable bonds is 10. The van der Waals surface area contributed by atoms with E-state index in [2.05, 4.69) is 27.9 Å². The van der Waals surface area contributed by atoms with E-state index in [1.54, 1.807) is 22.7 Å². The number of nitrogens with zero attached hydrogens (tertiary/aromatic N) is 1. The van der Waals surface area contributed by atoms with Gasteiger partial charge < -0.3 is 14.4 Å². The topological polar surface area (TPSA) is 84.9 Å². The molecule has 0 bridgehead atoms. The van der Waals surface area contributed by atoms with Gasteiger partial charge in [-0.05, 0) is 24.1 Å². The second-order valence-corrected chi connectivity index (χ2v) is 8.66. The van der Waals surface area contributed by atoms with Gasteiger partial charge in [-0.3, -0.25) is 19.7 Å². The van der Waals surface area contributed by atoms with Gasteiger partial charge >= 0.3 is 0 Å². The van der Waals surface area contributed by atoms with Crippen LogP contribution in [0.3, 0.4) is 0 Å². The average Bonchev–Trinajstić information content (AvgIpc) is 3.01. The van der Waals surface area contributed by atoms with Gasteiger partial charge in [0.05, 0.1) is 26.4 Å². The molecule has 0 saturated carbocycles. The molecule has 1 fully saturated rings. The molecule has 1 N–H and O–H groups in total. The Kier molecular flexibility index (Phi) is 8.12. The van der Waals surface area contributed by atoms with Crippen molar-refractivity contribution >= 4 is 52.1 Å². The van der Waals surface area contributed by atoms with Crippen molar-refractivity contribution in [2.75, 3.05) is 36.6 Å². The van der Waals surface area contributed by atoms with E-state index in [1.807, 2.05) is 12.1 Å². The van der Waals surface area contributed by atoms with Gasteiger partial charge in [-0.2, -0.15) is 0 Å². The Labute approximate surface area is 182 Å². The summed E-state index contributed by atoms with van der Waals surface area (Å²) in [6.45, 7) is 2.92. The van der Waals surface area contributed by atoms with Crippen LogP contribution in [-0.4, -0.2) is 65.3 Å². The molecule has 3 amide bonds. The summed E-state index contributed by atoms with van der Waals surface area (Å²) in [4.78, 5) is 38.9. The highest BCUT2D eigenvalue weighted by Crippen LogP contribution is 2.34. The van der Waals surface area contributed by atoms with Crippen LogP contribution < -0.4 is 5.32 Å². The number of hydrogen-bond donors (Lipinski definition) is 1. The second kappa shape index (κ2) is 10.6. The quantitative estimate of drug-likeness (QED) is 0.168. The highest BCUT2D eigenvalue weighted by molar-refractivity contribution is 14.1. The van der Waals surface area contributed by atoms with Crippen LogP contribution in [0, 0.1) is 0 Å². The zero-order valence-electron chi connectivity index (χ0n) is 15.4. The van der Waals surface area contributed by atoms with Gasteiger partial charge in [-0.25, -0.2) is 0 Å². The number of thioether (sulfide) groups is 1. The third-order valence-corrected chi connectivity index (χ3v) is 6.12. The first-order chi connectivity index (χ1) is 13.6. The zero-order chi connectivity index (χ0) is 19.9. The molecule has 1 atom stereocenters. The number of nitrogens with one attached hydrogen (secondary N) is 1. The smallest absolute Gasteiger partial charge is 0.255 e. The molecule has 2 heterocycles. The number of alkyl halides is 1. The van der Waals surface area contributed by atoms with Crippen LogP contribution >= 0.6 is 34.4 Å². The number of ether oxygens (including phenoxy) is 2. The van der Waals surface area contributed by atoms with Crippen molar-refractivity contribution in [3.8, 4) is 0 Å². The molecular formula is C19H23IN2O5S. The number of hydrogen-bond acceptors (Lipinski definition) is 6. The molecule has 28 heavy (non-hydrogen) atoms. The molecule has 2 aliphatic rings. The fourth-order valence-corrected chi connectivity index (χ4v) is 4.54. The van der Waals surface area contributed by atoms with E-state index >= 15 is 0 Å². The molecular weight excluding hydrogens is 495 g/mol. The standard InChI is InChI=1S/C19H23IN2O5S/c20-6-7-26-8-9-27-10-11-28-16-3-1-2-13-14(16)12-22(19(13)25)15-4-5-17(23)21-18(15)24/h1-3,15H,4-12H2,(H,21,23,24). The van der Waals surface area contributed by atoms with E-state index in [-0.39, 0.29) is 24.1 Å². The van der Waals surface area contributed by atoms with Crippen molar-refractivity contribution in [3.63, 3.8) is 0 Å². The summed E-state index contributed by atoms with van der Waals surface area (Å²) in [6, 6.07) is 5.08. The number of piperidine rings is 1. The summed E-state index contributed by atoms with van der Waals surface area (Å²) in [5.41, 5.74) is 1.59. The molecule has 9 heteroatoms. The van der Waals surface area contributed by atoms with E-state index in [4.69, 9.17) is 9.47 Å². The lowest BCUT2D eigenvalue weighted by Gasteiger charge is -2.29. The highest BCUT2D eigenvalue weighted by Gasteiger charge is 2.39. The van der Waals surface area contributed by atoms with Gasteiger partial charge in [-0.15, -0.1) is 11.8 Å². The van der Waals surface area contributed by atoms with Gasteiger partial charge in [0.25, 0.3) is 5.91 Å². The largest absolute Gasteiger partial charge is 0.378 e. The highest BCUT2D eigenvalue weighted by atomic mass is 127. The minimum atomic E-state index is -0.582. The van der Waals surface area contributed by atoms with Crippen molar-refractivity contribution in [2.45, 2.75) is 30.3 Å². The van der Waals surface area contributed by atoms with Crippen molar-refractivity contribution in [2.24, 2.45) is 0 Å². The number of halogens is 1. The maximum absolute atomic E-state index is 12.8. The molecule has 0 aromatic heterocycles. The fourth-order valence-electron chi connectivity index (χ4n) is 3.28. The van der Waals surface area contributed by atoms with Crippen LogP contribution in [0.2, 0.25) is 0 Å². The summed E-state index contributed by atoms with van der Waals surface area (Å²) in [5.74, 6) is -0.0308. The van der Waals surface area contributed by atoms with Crippen LogP contribution in [0.15, 0.2) is 23.1 Å². The lowest BCUT2D eigenvalue weighted by molar-refractivity contribution is -0.136. The number of imide groups is 1. The summed E-state index contributed by atoms with van der Waals surface area (Å²) in [6.07, 6.45) is 0.636. The van der Waals surface area contributed by atoms with Crippen LogP contribution in [-0.2, 0) is 25.6 Å². The molecule has 0 spiro atoms. The number of carbonyl (C=O) groups is 3. The molecule has 1 aromatic rings. The minimum absolute atomic E-state index is 0.143. The molecule has 1 saturated heterocycles. The molecule has 2 aliphatic heterocycles. The number of amides is 3. The van der Waals surface area contributed by atoms with Gasteiger partial charge in [0.15, 0.2) is 0 Å². The van der Waals surface area contributed by atoms with Crippen molar-refractivity contribution in [3.05, 3.63) is 29.3 Å². The van der Waals surface area contributed by atoms with Crippen LogP contribution in [0.1, 0.15) is 28.8 Å². The second-order valence-electron chi connectivity index (χ2n) is 6.44. The molecule has 7 nitrogen and oxygen atoms in total. The normalized spacial score (nSPS) is 19.1. The Morgan fingerprint density at radius 1 is 1.14 bits per heavy atom. The van der Waals surface area contributed by atoms with E-state index in [0.717, 1.165) is 27.2 Å². The average molecular weight is 518 g/mol. The van der Waals surface area contributed by atoms with E-state index < -0.39 is 6.04 Å². The Morgan fingerprint density at radius 2 is 1.93 bits per heavy atom. The summed E-state index contributed by atoms with van der Waals surface area (Å²) in [7, 11) is 0. The lowest BCUT2D eigenvalue weighted by atomic mass is 10.0. The lowest BCUT2D eigenvalue weighted by Crippen LogP contribution is -2.52. The Bertz CT molecular complexity index is 745. The third kappa shape index (κ3) is 5.25. The monoisotopic (exact) mass is 518 g/mol. The molecule has 0 aliphatic carbocycles. The van der Waals surface area contributed by atoms with Crippen LogP contribution in [0.5, 0.6) is 0 Å². The van der Waals surface area contributed by atoms with E-state index in [1.165, 1.54) is 0 Å². The Hall–Kier alpha value is -1.17. The van der Waals surface area contributed by atoms with E-state index in [9.17, 15) is 14.4 Å². The summed E-state index contributed by atoms with van der Waals surface area (Å²) in [5, 5.41) is 2.33. The van der Waals surface area contributed by atoms with Crippen LogP contribution in [0.4, 0.5) is 0 Å². The molecule has 152 valence electrons. The first kappa shape index (κ1) is 21.5. The third-order valence-electron chi connectivity index (χ3n) is 4.62. The van der Waals surface area contributed by atoms with Gasteiger partial charge in [0.1, 0.15) is 6.04 Å². The maximum atomic E-state index is 12.8.